The molecule has 0 unspecified atom stereocenters. The van der Waals surface area contributed by atoms with E-state index in [1.165, 1.54) is 5.56 Å². The van der Waals surface area contributed by atoms with Crippen LogP contribution in [-0.4, -0.2) is 33.4 Å². The minimum Gasteiger partial charge on any atom is -0.333 e. The molecule has 86 valence electrons. The van der Waals surface area contributed by atoms with Gasteiger partial charge in [0.15, 0.2) is 0 Å². The van der Waals surface area contributed by atoms with E-state index in [4.69, 9.17) is 5.73 Å². The van der Waals surface area contributed by atoms with Gasteiger partial charge >= 0.3 is 0 Å². The van der Waals surface area contributed by atoms with Crippen LogP contribution >= 0.6 is 0 Å². The highest BCUT2D eigenvalue weighted by Gasteiger charge is 2.27. The Labute approximate surface area is 94.7 Å². The normalized spacial score (nSPS) is 19.4. The molecule has 0 radical (unpaired) electrons. The van der Waals surface area contributed by atoms with Gasteiger partial charge in [-0.1, -0.05) is 0 Å². The highest BCUT2D eigenvalue weighted by molar-refractivity contribution is 5.78. The highest BCUT2D eigenvalue weighted by Crippen LogP contribution is 2.22. The Kier molecular flexibility index (Phi) is 2.87. The number of fused-ring (bicyclic) bond motifs is 1. The van der Waals surface area contributed by atoms with Crippen molar-refractivity contribution in [2.75, 3.05) is 6.54 Å². The average Bonchev–Trinajstić information content (AvgIpc) is 2.29. The summed E-state index contributed by atoms with van der Waals surface area (Å²) in [5.41, 5.74) is 8.53. The fourth-order valence-electron chi connectivity index (χ4n) is 2.13. The van der Waals surface area contributed by atoms with Gasteiger partial charge in [0.1, 0.15) is 6.33 Å². The zero-order valence-corrected chi connectivity index (χ0v) is 9.60. The summed E-state index contributed by atoms with van der Waals surface area (Å²) < 4.78 is 0. The van der Waals surface area contributed by atoms with E-state index in [1.807, 2.05) is 13.8 Å². The van der Waals surface area contributed by atoms with Crippen molar-refractivity contribution in [3.8, 4) is 0 Å². The molecule has 1 aromatic heterocycles. The number of rotatable bonds is 1. The van der Waals surface area contributed by atoms with Crippen molar-refractivity contribution in [1.29, 1.82) is 0 Å². The van der Waals surface area contributed by atoms with Gasteiger partial charge in [0.25, 0.3) is 0 Å². The van der Waals surface area contributed by atoms with Crippen LogP contribution in [0, 0.1) is 6.92 Å². The van der Waals surface area contributed by atoms with E-state index < -0.39 is 0 Å². The van der Waals surface area contributed by atoms with E-state index in [0.717, 1.165) is 17.8 Å². The third kappa shape index (κ3) is 1.78. The molecule has 0 spiro atoms. The molecule has 5 nitrogen and oxygen atoms in total. The van der Waals surface area contributed by atoms with Crippen LogP contribution in [0.25, 0.3) is 0 Å². The minimum atomic E-state index is -0.0191. The van der Waals surface area contributed by atoms with E-state index in [2.05, 4.69) is 9.97 Å². The zero-order chi connectivity index (χ0) is 11.7. The van der Waals surface area contributed by atoms with Crippen molar-refractivity contribution in [3.63, 3.8) is 0 Å². The monoisotopic (exact) mass is 220 g/mol. The highest BCUT2D eigenvalue weighted by atomic mass is 16.2. The van der Waals surface area contributed by atoms with Crippen LogP contribution in [0.5, 0.6) is 0 Å². The summed E-state index contributed by atoms with van der Waals surface area (Å²) in [4.78, 5) is 21.8. The van der Waals surface area contributed by atoms with Crippen molar-refractivity contribution in [3.05, 3.63) is 23.3 Å². The average molecular weight is 220 g/mol. The Bertz CT molecular complexity index is 418. The van der Waals surface area contributed by atoms with Crippen molar-refractivity contribution in [2.24, 2.45) is 5.73 Å². The molecule has 0 saturated heterocycles. The van der Waals surface area contributed by atoms with Crippen LogP contribution in [0.4, 0.5) is 0 Å². The molecule has 0 bridgehead atoms. The first kappa shape index (κ1) is 11.0. The van der Waals surface area contributed by atoms with Gasteiger partial charge in [-0.15, -0.1) is 0 Å². The lowest BCUT2D eigenvalue weighted by molar-refractivity contribution is -0.132. The molecule has 1 amide bonds. The first-order valence-corrected chi connectivity index (χ1v) is 5.42. The Morgan fingerprint density at radius 2 is 2.38 bits per heavy atom. The van der Waals surface area contributed by atoms with Crippen LogP contribution in [0.1, 0.15) is 23.9 Å². The number of hydrogen-bond donors (Lipinski definition) is 1. The van der Waals surface area contributed by atoms with Crippen LogP contribution in [0.3, 0.4) is 0 Å². The molecule has 1 aliphatic heterocycles. The predicted octanol–water partition coefficient (Wildman–Crippen LogP) is 0.0169. The second kappa shape index (κ2) is 4.17. The smallest absolute Gasteiger partial charge is 0.236 e. The largest absolute Gasteiger partial charge is 0.333 e. The summed E-state index contributed by atoms with van der Waals surface area (Å²) in [5, 5.41) is 0. The first-order valence-electron chi connectivity index (χ1n) is 5.42. The molecule has 16 heavy (non-hydrogen) atoms. The Morgan fingerprint density at radius 3 is 3.06 bits per heavy atom. The van der Waals surface area contributed by atoms with Gasteiger partial charge in [-0.3, -0.25) is 4.79 Å². The van der Waals surface area contributed by atoms with E-state index in [9.17, 15) is 4.79 Å². The molecule has 0 aromatic carbocycles. The molecule has 5 heteroatoms. The molecule has 0 saturated carbocycles. The fourth-order valence-corrected chi connectivity index (χ4v) is 2.13. The molecule has 0 aliphatic carbocycles. The standard InChI is InChI=1S/C11H16N4O/c1-7-3-9-8(2)13-6-14-10(9)5-15(7)11(16)4-12/h6-7H,3-5,12H2,1-2H3/t7-/m0/s1. The number of hydrogen-bond acceptors (Lipinski definition) is 4. The lowest BCUT2D eigenvalue weighted by atomic mass is 9.97. The van der Waals surface area contributed by atoms with E-state index in [0.29, 0.717) is 6.54 Å². The summed E-state index contributed by atoms with van der Waals surface area (Å²) in [5.74, 6) is -0.0191. The molecule has 0 fully saturated rings. The van der Waals surface area contributed by atoms with Crippen LogP contribution in [0.2, 0.25) is 0 Å². The van der Waals surface area contributed by atoms with E-state index >= 15 is 0 Å². The van der Waals surface area contributed by atoms with Gasteiger partial charge in [-0.05, 0) is 25.8 Å². The first-order chi connectivity index (χ1) is 7.63. The molecule has 1 atom stereocenters. The number of aryl methyl sites for hydroxylation is 1. The molecule has 1 aromatic rings. The molecular formula is C11H16N4O. The third-order valence-corrected chi connectivity index (χ3v) is 3.10. The second-order valence-corrected chi connectivity index (χ2v) is 4.16. The number of nitrogens with zero attached hydrogens (tertiary/aromatic N) is 3. The molecule has 2 N–H and O–H groups in total. The van der Waals surface area contributed by atoms with Gasteiger partial charge in [-0.25, -0.2) is 9.97 Å². The second-order valence-electron chi connectivity index (χ2n) is 4.16. The molecule has 1 aliphatic rings. The fraction of sp³-hybridized carbons (Fsp3) is 0.545. The van der Waals surface area contributed by atoms with Crippen molar-refractivity contribution >= 4 is 5.91 Å². The van der Waals surface area contributed by atoms with Crippen LogP contribution in [-0.2, 0) is 17.8 Å². The maximum atomic E-state index is 11.6. The number of aromatic nitrogens is 2. The zero-order valence-electron chi connectivity index (χ0n) is 9.60. The SMILES string of the molecule is Cc1ncnc2c1C[C@H](C)N(C(=O)CN)C2. The summed E-state index contributed by atoms with van der Waals surface area (Å²) in [6.07, 6.45) is 2.36. The molecule has 2 rings (SSSR count). The Balaban J connectivity index is 2.32. The van der Waals surface area contributed by atoms with Crippen LogP contribution < -0.4 is 5.73 Å². The third-order valence-electron chi connectivity index (χ3n) is 3.10. The lowest BCUT2D eigenvalue weighted by Gasteiger charge is -2.34. The number of carbonyl (C=O) groups excluding carboxylic acids is 1. The summed E-state index contributed by atoms with van der Waals surface area (Å²) in [6, 6.07) is 0.174. The van der Waals surface area contributed by atoms with Gasteiger partial charge in [0.2, 0.25) is 5.91 Å². The summed E-state index contributed by atoms with van der Waals surface area (Å²) >= 11 is 0. The van der Waals surface area contributed by atoms with E-state index in [-0.39, 0.29) is 18.5 Å². The maximum Gasteiger partial charge on any atom is 0.236 e. The molecule has 2 heterocycles. The van der Waals surface area contributed by atoms with Crippen molar-refractivity contribution < 1.29 is 4.79 Å². The van der Waals surface area contributed by atoms with Crippen molar-refractivity contribution in [1.82, 2.24) is 14.9 Å². The van der Waals surface area contributed by atoms with Gasteiger partial charge in [0, 0.05) is 11.7 Å². The quantitative estimate of drug-likeness (QED) is 0.724. The number of carbonyl (C=O) groups is 1. The summed E-state index contributed by atoms with van der Waals surface area (Å²) in [7, 11) is 0. The summed E-state index contributed by atoms with van der Waals surface area (Å²) in [6.45, 7) is 4.62. The predicted molar refractivity (Wildman–Crippen MR) is 59.5 cm³/mol. The number of amides is 1. The molecular weight excluding hydrogens is 204 g/mol. The minimum absolute atomic E-state index is 0.0191. The topological polar surface area (TPSA) is 72.1 Å². The maximum absolute atomic E-state index is 11.6. The van der Waals surface area contributed by atoms with Crippen LogP contribution in [0.15, 0.2) is 6.33 Å². The van der Waals surface area contributed by atoms with Gasteiger partial charge in [0.05, 0.1) is 18.8 Å². The lowest BCUT2D eigenvalue weighted by Crippen LogP contribution is -2.45. The van der Waals surface area contributed by atoms with Crippen molar-refractivity contribution in [2.45, 2.75) is 32.9 Å². The van der Waals surface area contributed by atoms with E-state index in [1.54, 1.807) is 11.2 Å². The van der Waals surface area contributed by atoms with Gasteiger partial charge in [-0.2, -0.15) is 0 Å². The Morgan fingerprint density at radius 1 is 1.62 bits per heavy atom. The van der Waals surface area contributed by atoms with Gasteiger partial charge < -0.3 is 10.6 Å². The number of nitrogens with two attached hydrogens (primary N) is 1. The Hall–Kier alpha value is -1.49.